The van der Waals surface area contributed by atoms with Gasteiger partial charge in [0.2, 0.25) is 11.9 Å². The van der Waals surface area contributed by atoms with Crippen molar-refractivity contribution in [2.24, 2.45) is 4.99 Å². The lowest BCUT2D eigenvalue weighted by Crippen LogP contribution is -2.37. The van der Waals surface area contributed by atoms with E-state index in [0.717, 1.165) is 32.8 Å². The van der Waals surface area contributed by atoms with Gasteiger partial charge in [-0.05, 0) is 5.16 Å². The molecular weight excluding hydrogens is 212 g/mol. The summed E-state index contributed by atoms with van der Waals surface area (Å²) < 4.78 is 9.76. The minimum Gasteiger partial charge on any atom is -0.379 e. The average Bonchev–Trinajstić information content (AvgIpc) is 2.76. The van der Waals surface area contributed by atoms with Crippen molar-refractivity contribution in [3.63, 3.8) is 0 Å². The Morgan fingerprint density at radius 3 is 2.94 bits per heavy atom. The largest absolute Gasteiger partial charge is 0.379 e. The maximum Gasteiger partial charge on any atom is 0.242 e. The molecule has 2 heterocycles. The average molecular weight is 224 g/mol. The summed E-state index contributed by atoms with van der Waals surface area (Å²) in [6.45, 7) is 4.18. The Balaban J connectivity index is 1.88. The minimum atomic E-state index is 0.225. The van der Waals surface area contributed by atoms with Gasteiger partial charge < -0.3 is 4.74 Å². The topological polar surface area (TPSA) is 80.8 Å². The summed E-state index contributed by atoms with van der Waals surface area (Å²) in [5.74, 6) is 0.225. The van der Waals surface area contributed by atoms with Crippen LogP contribution in [0.5, 0.6) is 0 Å². The molecule has 0 radical (unpaired) electrons. The minimum absolute atomic E-state index is 0.225. The van der Waals surface area contributed by atoms with Crippen molar-refractivity contribution in [3.05, 3.63) is 5.69 Å². The van der Waals surface area contributed by atoms with Gasteiger partial charge in [-0.15, -0.1) is 4.99 Å². The van der Waals surface area contributed by atoms with Gasteiger partial charge in [-0.1, -0.05) is 5.16 Å². The third-order valence-corrected chi connectivity index (χ3v) is 2.46. The number of aliphatic imine (C=N–C) groups is 1. The molecule has 0 atom stereocenters. The summed E-state index contributed by atoms with van der Waals surface area (Å²) in [5.41, 5.74) is 0.592. The van der Waals surface area contributed by atoms with Crippen molar-refractivity contribution in [2.75, 3.05) is 32.8 Å². The zero-order valence-corrected chi connectivity index (χ0v) is 8.76. The van der Waals surface area contributed by atoms with Gasteiger partial charge in [0, 0.05) is 26.1 Å². The number of carbonyl (C=O) groups excluding carboxylic acids is 1. The third kappa shape index (κ3) is 2.73. The number of isocyanates is 1. The van der Waals surface area contributed by atoms with Crippen LogP contribution >= 0.6 is 0 Å². The first-order valence-corrected chi connectivity index (χ1v) is 5.09. The van der Waals surface area contributed by atoms with E-state index in [4.69, 9.17) is 4.74 Å². The van der Waals surface area contributed by atoms with Crippen molar-refractivity contribution < 1.29 is 14.2 Å². The fourth-order valence-electron chi connectivity index (χ4n) is 1.58. The van der Waals surface area contributed by atoms with Gasteiger partial charge in [-0.2, -0.15) is 0 Å². The molecular formula is C9H12N4O3. The Morgan fingerprint density at radius 1 is 1.38 bits per heavy atom. The highest BCUT2D eigenvalue weighted by Gasteiger charge is 2.13. The molecule has 7 nitrogen and oxygen atoms in total. The van der Waals surface area contributed by atoms with E-state index in [2.05, 4.69) is 24.8 Å². The van der Waals surface area contributed by atoms with Crippen molar-refractivity contribution in [1.29, 1.82) is 0 Å². The Kier molecular flexibility index (Phi) is 3.76. The highest BCUT2D eigenvalue weighted by Crippen LogP contribution is 2.13. The number of hydrogen-bond donors (Lipinski definition) is 0. The maximum absolute atomic E-state index is 10.1. The molecule has 1 aromatic rings. The normalized spacial score (nSPS) is 17.0. The Bertz CT molecular complexity index is 380. The van der Waals surface area contributed by atoms with Crippen molar-refractivity contribution >= 4 is 11.9 Å². The van der Waals surface area contributed by atoms with E-state index in [-0.39, 0.29) is 5.82 Å². The van der Waals surface area contributed by atoms with Gasteiger partial charge in [0.15, 0.2) is 0 Å². The molecule has 0 amide bonds. The molecule has 1 fully saturated rings. The second-order valence-corrected chi connectivity index (χ2v) is 3.44. The van der Waals surface area contributed by atoms with Crippen LogP contribution < -0.4 is 0 Å². The number of aromatic nitrogens is 2. The van der Waals surface area contributed by atoms with E-state index in [9.17, 15) is 4.79 Å². The predicted octanol–water partition coefficient (Wildman–Crippen LogP) is -0.0884. The van der Waals surface area contributed by atoms with Crippen LogP contribution in [0.2, 0.25) is 0 Å². The first-order chi connectivity index (χ1) is 7.90. The summed E-state index contributed by atoms with van der Waals surface area (Å²) in [4.78, 5) is 15.8. The Labute approximate surface area is 92.0 Å². The summed E-state index contributed by atoms with van der Waals surface area (Å²) in [5, 5.41) is 7.21. The monoisotopic (exact) mass is 224 g/mol. The summed E-state index contributed by atoms with van der Waals surface area (Å²) in [6, 6.07) is 0. The molecule has 0 N–H and O–H groups in total. The van der Waals surface area contributed by atoms with E-state index in [1.807, 2.05) is 0 Å². The smallest absolute Gasteiger partial charge is 0.242 e. The standard InChI is InChI=1S/C9H12N4O3/c14-7-10-9-8(11-16-12-9)1-2-13-3-5-15-6-4-13/h1-6H2. The summed E-state index contributed by atoms with van der Waals surface area (Å²) in [7, 11) is 0. The molecule has 1 aliphatic rings. The SMILES string of the molecule is O=C=Nc1nonc1CCN1CCOCC1. The van der Waals surface area contributed by atoms with E-state index in [0.29, 0.717) is 12.1 Å². The van der Waals surface area contributed by atoms with Crippen molar-refractivity contribution in [2.45, 2.75) is 6.42 Å². The van der Waals surface area contributed by atoms with Gasteiger partial charge in [-0.25, -0.2) is 9.42 Å². The van der Waals surface area contributed by atoms with Crippen LogP contribution in [0.3, 0.4) is 0 Å². The Hall–Kier alpha value is -1.56. The second-order valence-electron chi connectivity index (χ2n) is 3.44. The number of morpholine rings is 1. The van der Waals surface area contributed by atoms with E-state index in [1.165, 1.54) is 6.08 Å². The zero-order chi connectivity index (χ0) is 11.2. The van der Waals surface area contributed by atoms with E-state index < -0.39 is 0 Å². The van der Waals surface area contributed by atoms with Crippen molar-refractivity contribution in [3.8, 4) is 0 Å². The van der Waals surface area contributed by atoms with Gasteiger partial charge in [-0.3, -0.25) is 4.90 Å². The van der Waals surface area contributed by atoms with Gasteiger partial charge in [0.05, 0.1) is 13.2 Å². The van der Waals surface area contributed by atoms with Gasteiger partial charge in [0.1, 0.15) is 5.69 Å². The molecule has 2 rings (SSSR count). The van der Waals surface area contributed by atoms with E-state index in [1.54, 1.807) is 0 Å². The lowest BCUT2D eigenvalue weighted by Gasteiger charge is -2.25. The third-order valence-electron chi connectivity index (χ3n) is 2.46. The molecule has 7 heteroatoms. The predicted molar refractivity (Wildman–Crippen MR) is 53.0 cm³/mol. The highest BCUT2D eigenvalue weighted by molar-refractivity contribution is 5.45. The molecule has 86 valence electrons. The molecule has 1 aliphatic heterocycles. The highest BCUT2D eigenvalue weighted by atomic mass is 16.6. The lowest BCUT2D eigenvalue weighted by atomic mass is 10.3. The van der Waals surface area contributed by atoms with Crippen LogP contribution in [0, 0.1) is 0 Å². The molecule has 1 saturated heterocycles. The molecule has 0 unspecified atom stereocenters. The number of nitrogens with zero attached hydrogens (tertiary/aromatic N) is 4. The number of hydrogen-bond acceptors (Lipinski definition) is 7. The van der Waals surface area contributed by atoms with Gasteiger partial charge in [0.25, 0.3) is 0 Å². The van der Waals surface area contributed by atoms with Crippen LogP contribution in [-0.2, 0) is 16.0 Å². The fourth-order valence-corrected chi connectivity index (χ4v) is 1.58. The molecule has 0 aromatic carbocycles. The van der Waals surface area contributed by atoms with Crippen LogP contribution in [0.25, 0.3) is 0 Å². The molecule has 0 saturated carbocycles. The molecule has 0 aliphatic carbocycles. The van der Waals surface area contributed by atoms with Crippen LogP contribution in [-0.4, -0.2) is 54.1 Å². The first-order valence-electron chi connectivity index (χ1n) is 5.09. The zero-order valence-electron chi connectivity index (χ0n) is 8.76. The number of rotatable bonds is 4. The number of ether oxygens (including phenoxy) is 1. The van der Waals surface area contributed by atoms with Crippen LogP contribution in [0.1, 0.15) is 5.69 Å². The second kappa shape index (κ2) is 5.50. The van der Waals surface area contributed by atoms with Crippen LogP contribution in [0.15, 0.2) is 9.62 Å². The van der Waals surface area contributed by atoms with Gasteiger partial charge >= 0.3 is 0 Å². The quantitative estimate of drug-likeness (QED) is 0.525. The van der Waals surface area contributed by atoms with Crippen LogP contribution in [0.4, 0.5) is 5.82 Å². The molecule has 1 aromatic heterocycles. The molecule has 16 heavy (non-hydrogen) atoms. The molecule has 0 spiro atoms. The lowest BCUT2D eigenvalue weighted by molar-refractivity contribution is 0.0382. The maximum atomic E-state index is 10.1. The summed E-state index contributed by atoms with van der Waals surface area (Å²) in [6.07, 6.45) is 2.08. The first kappa shape index (κ1) is 10.9. The van der Waals surface area contributed by atoms with Crippen molar-refractivity contribution in [1.82, 2.24) is 15.2 Å². The Morgan fingerprint density at radius 2 is 2.19 bits per heavy atom. The summed E-state index contributed by atoms with van der Waals surface area (Å²) >= 11 is 0. The fraction of sp³-hybridized carbons (Fsp3) is 0.667. The van der Waals surface area contributed by atoms with E-state index >= 15 is 0 Å². The molecule has 0 bridgehead atoms.